The third kappa shape index (κ3) is 3.61. The number of halogens is 1. The van der Waals surface area contributed by atoms with Crippen LogP contribution in [0.1, 0.15) is 31.1 Å². The molecule has 1 N–H and O–H groups in total. The highest BCUT2D eigenvalue weighted by molar-refractivity contribution is 5.34. The van der Waals surface area contributed by atoms with Crippen LogP contribution in [0.5, 0.6) is 0 Å². The lowest BCUT2D eigenvalue weighted by atomic mass is 10.1. The number of anilines is 1. The van der Waals surface area contributed by atoms with E-state index in [1.54, 1.807) is 19.2 Å². The molecule has 21 heavy (non-hydrogen) atoms. The van der Waals surface area contributed by atoms with Crippen molar-refractivity contribution in [2.45, 2.75) is 32.9 Å². The van der Waals surface area contributed by atoms with Gasteiger partial charge in [0.1, 0.15) is 5.82 Å². The maximum Gasteiger partial charge on any atom is 0.203 e. The Morgan fingerprint density at radius 1 is 1.33 bits per heavy atom. The fraction of sp³-hybridized carbons (Fsp3) is 0.438. The molecule has 2 rings (SSSR count). The molecule has 2 atom stereocenters. The second kappa shape index (κ2) is 6.72. The smallest absolute Gasteiger partial charge is 0.203 e. The summed E-state index contributed by atoms with van der Waals surface area (Å²) in [6, 6.07) is 6.82. The number of nitrogens with zero attached hydrogens (tertiary/aromatic N) is 2. The molecule has 0 radical (unpaired) electrons. The molecule has 0 fully saturated rings. The number of benzene rings is 1. The molecule has 0 spiro atoms. The van der Waals surface area contributed by atoms with Crippen molar-refractivity contribution in [1.82, 2.24) is 9.55 Å². The van der Waals surface area contributed by atoms with Crippen LogP contribution in [0, 0.1) is 12.7 Å². The molecule has 0 aliphatic heterocycles. The summed E-state index contributed by atoms with van der Waals surface area (Å²) in [6.45, 7) is 6.49. The molecule has 0 aliphatic carbocycles. The lowest BCUT2D eigenvalue weighted by Gasteiger charge is -2.20. The average molecular weight is 291 g/mol. The Hall–Kier alpha value is -1.88. The van der Waals surface area contributed by atoms with Gasteiger partial charge < -0.3 is 14.6 Å². The fourth-order valence-electron chi connectivity index (χ4n) is 2.39. The van der Waals surface area contributed by atoms with Gasteiger partial charge in [0.05, 0.1) is 18.3 Å². The van der Waals surface area contributed by atoms with Crippen LogP contribution in [0.4, 0.5) is 10.3 Å². The van der Waals surface area contributed by atoms with E-state index in [1.807, 2.05) is 37.6 Å². The van der Waals surface area contributed by atoms with Gasteiger partial charge in [0.2, 0.25) is 5.95 Å². The maximum absolute atomic E-state index is 14.0. The van der Waals surface area contributed by atoms with Gasteiger partial charge in [-0.1, -0.05) is 18.2 Å². The van der Waals surface area contributed by atoms with Crippen LogP contribution >= 0.6 is 0 Å². The van der Waals surface area contributed by atoms with Crippen molar-refractivity contribution in [3.63, 3.8) is 0 Å². The first-order valence-electron chi connectivity index (χ1n) is 7.08. The zero-order valence-corrected chi connectivity index (χ0v) is 12.9. The van der Waals surface area contributed by atoms with Crippen molar-refractivity contribution >= 4 is 5.95 Å². The van der Waals surface area contributed by atoms with Crippen LogP contribution in [-0.4, -0.2) is 29.3 Å². The molecular formula is C16H22FN3O. The van der Waals surface area contributed by atoms with Gasteiger partial charge >= 0.3 is 0 Å². The van der Waals surface area contributed by atoms with Crippen molar-refractivity contribution in [1.29, 1.82) is 0 Å². The standard InChI is InChI=1S/C16H22FN3O/c1-11-9-20(16(18-11)19-12(2)10-21-4)13(3)14-7-5-6-8-15(14)17/h5-9,12-13H,10H2,1-4H3,(H,18,19). The Balaban J connectivity index is 2.29. The van der Waals surface area contributed by atoms with Crippen LogP contribution in [0.15, 0.2) is 30.5 Å². The van der Waals surface area contributed by atoms with E-state index in [2.05, 4.69) is 10.3 Å². The first kappa shape index (κ1) is 15.5. The number of aryl methyl sites for hydroxylation is 1. The minimum Gasteiger partial charge on any atom is -0.383 e. The topological polar surface area (TPSA) is 39.1 Å². The zero-order valence-electron chi connectivity index (χ0n) is 12.9. The minimum atomic E-state index is -0.202. The normalized spacial score (nSPS) is 14.0. The summed E-state index contributed by atoms with van der Waals surface area (Å²) in [5.74, 6) is 0.528. The minimum absolute atomic E-state index is 0.128. The van der Waals surface area contributed by atoms with Crippen molar-refractivity contribution < 1.29 is 9.13 Å². The number of aromatic nitrogens is 2. The van der Waals surface area contributed by atoms with Gasteiger partial charge in [-0.15, -0.1) is 0 Å². The van der Waals surface area contributed by atoms with Gasteiger partial charge in [-0.05, 0) is 26.8 Å². The lowest BCUT2D eigenvalue weighted by molar-refractivity contribution is 0.190. The molecule has 5 heteroatoms. The molecule has 114 valence electrons. The fourth-order valence-corrected chi connectivity index (χ4v) is 2.39. The monoisotopic (exact) mass is 291 g/mol. The molecule has 2 aromatic rings. The summed E-state index contributed by atoms with van der Waals surface area (Å²) in [7, 11) is 1.66. The van der Waals surface area contributed by atoms with E-state index in [-0.39, 0.29) is 17.9 Å². The Morgan fingerprint density at radius 2 is 2.05 bits per heavy atom. The third-order valence-electron chi connectivity index (χ3n) is 3.42. The molecule has 2 unspecified atom stereocenters. The van der Waals surface area contributed by atoms with E-state index in [4.69, 9.17) is 4.74 Å². The van der Waals surface area contributed by atoms with E-state index in [0.29, 0.717) is 12.2 Å². The van der Waals surface area contributed by atoms with E-state index in [1.165, 1.54) is 6.07 Å². The summed E-state index contributed by atoms with van der Waals surface area (Å²) in [5.41, 5.74) is 1.54. The molecule has 1 aromatic heterocycles. The molecule has 0 saturated heterocycles. The van der Waals surface area contributed by atoms with E-state index < -0.39 is 0 Å². The quantitative estimate of drug-likeness (QED) is 0.886. The molecule has 0 aliphatic rings. The summed E-state index contributed by atoms with van der Waals surface area (Å²) >= 11 is 0. The van der Waals surface area contributed by atoms with Crippen LogP contribution in [0.2, 0.25) is 0 Å². The van der Waals surface area contributed by atoms with Crippen molar-refractivity contribution in [2.75, 3.05) is 19.0 Å². The first-order chi connectivity index (χ1) is 10.0. The Bertz CT molecular complexity index is 597. The number of hydrogen-bond acceptors (Lipinski definition) is 3. The largest absolute Gasteiger partial charge is 0.383 e. The van der Waals surface area contributed by atoms with Gasteiger partial charge in [-0.2, -0.15) is 0 Å². The highest BCUT2D eigenvalue weighted by Crippen LogP contribution is 2.25. The SMILES string of the molecule is COCC(C)Nc1nc(C)cn1C(C)c1ccccc1F. The number of rotatable bonds is 6. The van der Waals surface area contributed by atoms with Gasteiger partial charge in [-0.25, -0.2) is 9.37 Å². The summed E-state index contributed by atoms with van der Waals surface area (Å²) in [6.07, 6.45) is 1.93. The molecule has 0 amide bonds. The molecule has 1 aromatic carbocycles. The predicted molar refractivity (Wildman–Crippen MR) is 82.1 cm³/mol. The summed E-state index contributed by atoms with van der Waals surface area (Å²) in [5, 5.41) is 3.31. The van der Waals surface area contributed by atoms with Gasteiger partial charge in [0.25, 0.3) is 0 Å². The molecule has 0 bridgehead atoms. The van der Waals surface area contributed by atoms with Crippen LogP contribution in [0.3, 0.4) is 0 Å². The van der Waals surface area contributed by atoms with Crippen molar-refractivity contribution in [2.24, 2.45) is 0 Å². The van der Waals surface area contributed by atoms with Gasteiger partial charge in [-0.3, -0.25) is 0 Å². The number of methoxy groups -OCH3 is 1. The molecular weight excluding hydrogens is 269 g/mol. The average Bonchev–Trinajstić information content (AvgIpc) is 2.79. The predicted octanol–water partition coefficient (Wildman–Crippen LogP) is 3.39. The van der Waals surface area contributed by atoms with Crippen LogP contribution in [-0.2, 0) is 4.74 Å². The van der Waals surface area contributed by atoms with E-state index in [0.717, 1.165) is 11.6 Å². The van der Waals surface area contributed by atoms with E-state index in [9.17, 15) is 4.39 Å². The first-order valence-corrected chi connectivity index (χ1v) is 7.08. The third-order valence-corrected chi connectivity index (χ3v) is 3.42. The molecule has 4 nitrogen and oxygen atoms in total. The van der Waals surface area contributed by atoms with Gasteiger partial charge in [0, 0.05) is 24.9 Å². The van der Waals surface area contributed by atoms with E-state index >= 15 is 0 Å². The van der Waals surface area contributed by atoms with Crippen LogP contribution in [0.25, 0.3) is 0 Å². The summed E-state index contributed by atoms with van der Waals surface area (Å²) in [4.78, 5) is 4.48. The number of imidazole rings is 1. The van der Waals surface area contributed by atoms with Crippen molar-refractivity contribution in [3.05, 3.63) is 47.5 Å². The van der Waals surface area contributed by atoms with Crippen molar-refractivity contribution in [3.8, 4) is 0 Å². The number of hydrogen-bond donors (Lipinski definition) is 1. The summed E-state index contributed by atoms with van der Waals surface area (Å²) < 4.78 is 21.1. The number of nitrogens with one attached hydrogen (secondary N) is 1. The Kier molecular flexibility index (Phi) is 4.96. The number of ether oxygens (including phenoxy) is 1. The zero-order chi connectivity index (χ0) is 15.4. The Morgan fingerprint density at radius 3 is 2.71 bits per heavy atom. The molecule has 1 heterocycles. The lowest BCUT2D eigenvalue weighted by Crippen LogP contribution is -2.24. The second-order valence-corrected chi connectivity index (χ2v) is 5.31. The highest BCUT2D eigenvalue weighted by atomic mass is 19.1. The Labute approximate surface area is 125 Å². The van der Waals surface area contributed by atoms with Gasteiger partial charge in [0.15, 0.2) is 0 Å². The highest BCUT2D eigenvalue weighted by Gasteiger charge is 2.17. The van der Waals surface area contributed by atoms with Crippen LogP contribution < -0.4 is 5.32 Å². The molecule has 0 saturated carbocycles. The second-order valence-electron chi connectivity index (χ2n) is 5.31. The maximum atomic E-state index is 14.0.